The molecule has 0 aliphatic carbocycles. The maximum Gasteiger partial charge on any atom is 0.307 e. The second-order valence-electron chi connectivity index (χ2n) is 4.26. The van der Waals surface area contributed by atoms with Gasteiger partial charge < -0.3 is 5.11 Å². The Bertz CT molecular complexity index is 481. The summed E-state index contributed by atoms with van der Waals surface area (Å²) in [5.74, 6) is -1.26. The maximum atomic E-state index is 12.2. The summed E-state index contributed by atoms with van der Waals surface area (Å²) >= 11 is 1.41. The highest BCUT2D eigenvalue weighted by Crippen LogP contribution is 2.34. The molecule has 18 heavy (non-hydrogen) atoms. The topological polar surface area (TPSA) is 54.4 Å². The summed E-state index contributed by atoms with van der Waals surface area (Å²) in [5.41, 5.74) is 0.670. The number of carboxylic acids is 1. The molecular formula is C14H14O3S. The molecule has 2 rings (SSSR count). The van der Waals surface area contributed by atoms with E-state index in [2.05, 4.69) is 0 Å². The number of carbonyl (C=O) groups is 2. The van der Waals surface area contributed by atoms with Crippen molar-refractivity contribution in [2.45, 2.75) is 17.4 Å². The highest BCUT2D eigenvalue weighted by atomic mass is 32.2. The van der Waals surface area contributed by atoms with Crippen LogP contribution in [0, 0.1) is 5.92 Å². The maximum absolute atomic E-state index is 12.2. The Kier molecular flexibility index (Phi) is 3.87. The molecule has 1 aromatic carbocycles. The van der Waals surface area contributed by atoms with Gasteiger partial charge in [-0.1, -0.05) is 49.4 Å². The van der Waals surface area contributed by atoms with Crippen molar-refractivity contribution in [2.75, 3.05) is 0 Å². The second kappa shape index (κ2) is 5.40. The number of aliphatic carboxylic acids is 1. The molecule has 0 saturated carbocycles. The van der Waals surface area contributed by atoms with Crippen LogP contribution in [0.3, 0.4) is 0 Å². The Morgan fingerprint density at radius 2 is 1.89 bits per heavy atom. The van der Waals surface area contributed by atoms with Crippen molar-refractivity contribution in [3.05, 3.63) is 48.0 Å². The number of hydrogen-bond donors (Lipinski definition) is 1. The largest absolute Gasteiger partial charge is 0.481 e. The summed E-state index contributed by atoms with van der Waals surface area (Å²) in [5, 5.41) is 8.56. The van der Waals surface area contributed by atoms with Gasteiger partial charge in [-0.2, -0.15) is 0 Å². The highest BCUT2D eigenvalue weighted by molar-refractivity contribution is 8.01. The van der Waals surface area contributed by atoms with Crippen LogP contribution in [-0.4, -0.2) is 27.4 Å². The van der Waals surface area contributed by atoms with Crippen molar-refractivity contribution in [1.82, 2.24) is 0 Å². The fourth-order valence-electron chi connectivity index (χ4n) is 1.81. The van der Waals surface area contributed by atoms with Gasteiger partial charge in [0.2, 0.25) is 0 Å². The summed E-state index contributed by atoms with van der Waals surface area (Å²) in [6.45, 7) is 1.67. The van der Waals surface area contributed by atoms with E-state index in [1.54, 1.807) is 19.1 Å². The number of carbonyl (C=O) groups excluding carboxylic acids is 1. The fourth-order valence-corrected chi connectivity index (χ4v) is 3.12. The molecule has 94 valence electrons. The summed E-state index contributed by atoms with van der Waals surface area (Å²) in [6.07, 6.45) is 3.64. The van der Waals surface area contributed by atoms with E-state index in [9.17, 15) is 9.59 Å². The zero-order valence-corrected chi connectivity index (χ0v) is 10.8. The molecule has 1 N–H and O–H groups in total. The first-order valence-corrected chi connectivity index (χ1v) is 6.69. The molecule has 1 aliphatic rings. The van der Waals surface area contributed by atoms with Crippen molar-refractivity contribution in [2.24, 2.45) is 5.92 Å². The fraction of sp³-hybridized carbons (Fsp3) is 0.286. The van der Waals surface area contributed by atoms with E-state index in [0.29, 0.717) is 5.56 Å². The second-order valence-corrected chi connectivity index (χ2v) is 5.59. The number of benzene rings is 1. The lowest BCUT2D eigenvalue weighted by Gasteiger charge is -2.14. The molecule has 0 saturated heterocycles. The van der Waals surface area contributed by atoms with Crippen LogP contribution in [0.5, 0.6) is 0 Å². The van der Waals surface area contributed by atoms with Crippen LogP contribution in [0.15, 0.2) is 42.5 Å². The zero-order chi connectivity index (χ0) is 13.1. The molecule has 0 radical (unpaired) electrons. The van der Waals surface area contributed by atoms with E-state index in [1.807, 2.05) is 30.4 Å². The van der Waals surface area contributed by atoms with Crippen LogP contribution in [0.1, 0.15) is 17.3 Å². The third-order valence-electron chi connectivity index (χ3n) is 2.98. The number of hydrogen-bond acceptors (Lipinski definition) is 3. The van der Waals surface area contributed by atoms with Crippen molar-refractivity contribution in [1.29, 1.82) is 0 Å². The summed E-state index contributed by atoms with van der Waals surface area (Å²) in [4.78, 5) is 23.1. The van der Waals surface area contributed by atoms with E-state index in [4.69, 9.17) is 5.11 Å². The van der Waals surface area contributed by atoms with Gasteiger partial charge in [0, 0.05) is 10.8 Å². The summed E-state index contributed by atoms with van der Waals surface area (Å²) < 4.78 is 0. The molecule has 3 atom stereocenters. The van der Waals surface area contributed by atoms with Crippen molar-refractivity contribution >= 4 is 23.5 Å². The predicted octanol–water partition coefficient (Wildman–Crippen LogP) is 2.63. The molecule has 1 aliphatic heterocycles. The van der Waals surface area contributed by atoms with Crippen molar-refractivity contribution in [3.63, 3.8) is 0 Å². The number of Topliss-reactive ketones (excluding diaryl/α,β-unsaturated/α-hetero) is 1. The number of ketones is 1. The third kappa shape index (κ3) is 2.64. The molecule has 1 aromatic rings. The van der Waals surface area contributed by atoms with Crippen LogP contribution >= 0.6 is 11.8 Å². The molecule has 3 nitrogen and oxygen atoms in total. The highest BCUT2D eigenvalue weighted by Gasteiger charge is 2.32. The normalized spacial score (nSPS) is 23.8. The van der Waals surface area contributed by atoms with Gasteiger partial charge in [-0.15, -0.1) is 11.8 Å². The van der Waals surface area contributed by atoms with E-state index in [0.717, 1.165) is 0 Å². The lowest BCUT2D eigenvalue weighted by Crippen LogP contribution is -2.22. The average Bonchev–Trinajstić information content (AvgIpc) is 2.87. The average molecular weight is 262 g/mol. The molecule has 0 fully saturated rings. The molecule has 1 heterocycles. The van der Waals surface area contributed by atoms with Crippen LogP contribution < -0.4 is 0 Å². The smallest absolute Gasteiger partial charge is 0.307 e. The Morgan fingerprint density at radius 1 is 1.22 bits per heavy atom. The first kappa shape index (κ1) is 12.9. The molecule has 3 unspecified atom stereocenters. The minimum atomic E-state index is -0.829. The Labute approximate surface area is 110 Å². The molecule has 0 bridgehead atoms. The summed E-state index contributed by atoms with van der Waals surface area (Å²) in [7, 11) is 0. The van der Waals surface area contributed by atoms with E-state index >= 15 is 0 Å². The summed E-state index contributed by atoms with van der Waals surface area (Å²) in [6, 6.07) is 9.08. The predicted molar refractivity (Wildman–Crippen MR) is 71.9 cm³/mol. The van der Waals surface area contributed by atoms with Gasteiger partial charge in [0.1, 0.15) is 0 Å². The monoisotopic (exact) mass is 262 g/mol. The Morgan fingerprint density at radius 3 is 2.50 bits per heavy atom. The van der Waals surface area contributed by atoms with Gasteiger partial charge >= 0.3 is 5.97 Å². The minimum absolute atomic E-state index is 0.0388. The van der Waals surface area contributed by atoms with Gasteiger partial charge in [0.15, 0.2) is 5.78 Å². The van der Waals surface area contributed by atoms with Gasteiger partial charge in [-0.05, 0) is 0 Å². The van der Waals surface area contributed by atoms with Gasteiger partial charge in [0.25, 0.3) is 0 Å². The molecule has 0 amide bonds. The van der Waals surface area contributed by atoms with Crippen LogP contribution in [-0.2, 0) is 4.79 Å². The Hall–Kier alpha value is -1.55. The van der Waals surface area contributed by atoms with Crippen LogP contribution in [0.4, 0.5) is 0 Å². The molecule has 0 spiro atoms. The van der Waals surface area contributed by atoms with E-state index < -0.39 is 11.9 Å². The SMILES string of the molecule is CC(C(=O)O)C1C=CC(C(=O)c2ccccc2)S1. The first-order valence-electron chi connectivity index (χ1n) is 5.75. The number of rotatable bonds is 4. The lowest BCUT2D eigenvalue weighted by atomic mass is 10.1. The minimum Gasteiger partial charge on any atom is -0.481 e. The Balaban J connectivity index is 2.04. The van der Waals surface area contributed by atoms with Gasteiger partial charge in [-0.25, -0.2) is 0 Å². The molecular weight excluding hydrogens is 248 g/mol. The van der Waals surface area contributed by atoms with E-state index in [1.165, 1.54) is 11.8 Å². The van der Waals surface area contributed by atoms with Crippen LogP contribution in [0.2, 0.25) is 0 Å². The van der Waals surface area contributed by atoms with Gasteiger partial charge in [0.05, 0.1) is 11.2 Å². The van der Waals surface area contributed by atoms with Crippen LogP contribution in [0.25, 0.3) is 0 Å². The molecule has 4 heteroatoms. The van der Waals surface area contributed by atoms with E-state index in [-0.39, 0.29) is 16.3 Å². The standard InChI is InChI=1S/C14H14O3S/c1-9(14(16)17)11-7-8-12(18-11)13(15)10-5-3-2-4-6-10/h2-9,11-12H,1H3,(H,16,17). The third-order valence-corrected chi connectivity index (χ3v) is 4.52. The van der Waals surface area contributed by atoms with Gasteiger partial charge in [-0.3, -0.25) is 9.59 Å². The molecule has 0 aromatic heterocycles. The first-order chi connectivity index (χ1) is 8.59. The zero-order valence-electron chi connectivity index (χ0n) is 9.95. The number of carboxylic acid groups (broad SMARTS) is 1. The lowest BCUT2D eigenvalue weighted by molar-refractivity contribution is -0.140. The number of thioether (sulfide) groups is 1. The quantitative estimate of drug-likeness (QED) is 0.669. The van der Waals surface area contributed by atoms with Crippen molar-refractivity contribution in [3.8, 4) is 0 Å². The van der Waals surface area contributed by atoms with Crippen molar-refractivity contribution < 1.29 is 14.7 Å².